The van der Waals surface area contributed by atoms with Crippen molar-refractivity contribution in [2.75, 3.05) is 5.73 Å². The first-order valence-corrected chi connectivity index (χ1v) is 5.95. The molecule has 0 saturated heterocycles. The molecule has 0 atom stereocenters. The number of nitrogen functional groups attached to an aromatic ring is 1. The number of aromatic nitrogens is 3. The van der Waals surface area contributed by atoms with Gasteiger partial charge in [0.15, 0.2) is 0 Å². The molecule has 0 spiro atoms. The molecule has 0 saturated carbocycles. The number of halogens is 2. The van der Waals surface area contributed by atoms with Gasteiger partial charge in [-0.25, -0.2) is 4.98 Å². The molecule has 3 rings (SSSR count). The molecule has 0 radical (unpaired) electrons. The van der Waals surface area contributed by atoms with Crippen LogP contribution in [-0.4, -0.2) is 15.0 Å². The number of nitrogens with one attached hydrogen (secondary N) is 1. The van der Waals surface area contributed by atoms with Crippen LogP contribution in [0.1, 0.15) is 0 Å². The number of H-pyrrole nitrogens is 1. The van der Waals surface area contributed by atoms with Crippen LogP contribution < -0.4 is 5.73 Å². The second-order valence-electron chi connectivity index (χ2n) is 3.83. The Balaban J connectivity index is 2.20. The van der Waals surface area contributed by atoms with Crippen LogP contribution in [0.4, 0.5) is 5.69 Å². The number of rotatable bonds is 1. The highest BCUT2D eigenvalue weighted by Gasteiger charge is 2.10. The van der Waals surface area contributed by atoms with Crippen molar-refractivity contribution in [2.24, 2.45) is 0 Å². The molecule has 0 unspecified atom stereocenters. The Morgan fingerprint density at radius 3 is 2.56 bits per heavy atom. The van der Waals surface area contributed by atoms with Crippen LogP contribution in [0, 0.1) is 0 Å². The number of hydrogen-bond acceptors (Lipinski definition) is 3. The van der Waals surface area contributed by atoms with Gasteiger partial charge in [0, 0.05) is 11.8 Å². The van der Waals surface area contributed by atoms with Gasteiger partial charge in [0.25, 0.3) is 0 Å². The maximum absolute atomic E-state index is 6.00. The third kappa shape index (κ3) is 1.79. The fraction of sp³-hybridized carbons (Fsp3) is 0. The van der Waals surface area contributed by atoms with Crippen LogP contribution >= 0.6 is 23.2 Å². The first-order valence-electron chi connectivity index (χ1n) is 5.20. The molecule has 3 aromatic rings. The van der Waals surface area contributed by atoms with Crippen molar-refractivity contribution in [1.29, 1.82) is 0 Å². The molecule has 18 heavy (non-hydrogen) atoms. The largest absolute Gasteiger partial charge is 0.396 e. The van der Waals surface area contributed by atoms with E-state index in [2.05, 4.69) is 15.0 Å². The van der Waals surface area contributed by atoms with E-state index in [1.54, 1.807) is 24.5 Å². The van der Waals surface area contributed by atoms with Gasteiger partial charge in [-0.05, 0) is 18.2 Å². The fourth-order valence-electron chi connectivity index (χ4n) is 1.71. The Morgan fingerprint density at radius 2 is 1.89 bits per heavy atom. The van der Waals surface area contributed by atoms with Gasteiger partial charge in [0.2, 0.25) is 0 Å². The molecular formula is C12H8Cl2N4. The van der Waals surface area contributed by atoms with Crippen LogP contribution in [-0.2, 0) is 0 Å². The van der Waals surface area contributed by atoms with Gasteiger partial charge in [0.05, 0.1) is 33.0 Å². The standard InChI is InChI=1S/C12H8Cl2N4/c13-7-3-6(4-8(14)11(7)15)12-17-9-1-2-16-5-10(9)18-12/h1-5H,15H2,(H,17,18). The highest BCUT2D eigenvalue weighted by molar-refractivity contribution is 6.39. The monoisotopic (exact) mass is 278 g/mol. The number of imidazole rings is 1. The average Bonchev–Trinajstić information content (AvgIpc) is 2.79. The van der Waals surface area contributed by atoms with Crippen molar-refractivity contribution < 1.29 is 0 Å². The Hall–Kier alpha value is -1.78. The molecule has 2 heterocycles. The zero-order valence-corrected chi connectivity index (χ0v) is 10.6. The van der Waals surface area contributed by atoms with Crippen LogP contribution in [0.5, 0.6) is 0 Å². The third-order valence-corrected chi connectivity index (χ3v) is 3.26. The number of fused-ring (bicyclic) bond motifs is 1. The number of hydrogen-bond donors (Lipinski definition) is 2. The fourth-order valence-corrected chi connectivity index (χ4v) is 2.20. The van der Waals surface area contributed by atoms with E-state index in [4.69, 9.17) is 28.9 Å². The van der Waals surface area contributed by atoms with Crippen molar-refractivity contribution in [3.05, 3.63) is 40.6 Å². The van der Waals surface area contributed by atoms with Gasteiger partial charge < -0.3 is 10.7 Å². The molecule has 1 aromatic carbocycles. The predicted octanol–water partition coefficient (Wildman–Crippen LogP) is 3.51. The van der Waals surface area contributed by atoms with Gasteiger partial charge in [-0.3, -0.25) is 4.98 Å². The van der Waals surface area contributed by atoms with E-state index in [0.29, 0.717) is 21.6 Å². The molecule has 2 aromatic heterocycles. The quantitative estimate of drug-likeness (QED) is 0.670. The zero-order valence-electron chi connectivity index (χ0n) is 9.11. The normalized spacial score (nSPS) is 11.0. The van der Waals surface area contributed by atoms with Crippen molar-refractivity contribution >= 4 is 39.9 Å². The minimum Gasteiger partial charge on any atom is -0.396 e. The van der Waals surface area contributed by atoms with Crippen molar-refractivity contribution in [3.63, 3.8) is 0 Å². The van der Waals surface area contributed by atoms with Gasteiger partial charge in [0.1, 0.15) is 5.82 Å². The van der Waals surface area contributed by atoms with E-state index >= 15 is 0 Å². The van der Waals surface area contributed by atoms with E-state index in [9.17, 15) is 0 Å². The lowest BCUT2D eigenvalue weighted by Gasteiger charge is -2.03. The Kier molecular flexibility index (Phi) is 2.61. The Morgan fingerprint density at radius 1 is 1.17 bits per heavy atom. The summed E-state index contributed by atoms with van der Waals surface area (Å²) in [6, 6.07) is 5.29. The van der Waals surface area contributed by atoms with Crippen molar-refractivity contribution in [1.82, 2.24) is 15.0 Å². The van der Waals surface area contributed by atoms with Crippen molar-refractivity contribution in [3.8, 4) is 11.4 Å². The molecule has 0 aliphatic rings. The smallest absolute Gasteiger partial charge is 0.138 e. The highest BCUT2D eigenvalue weighted by Crippen LogP contribution is 2.32. The van der Waals surface area contributed by atoms with E-state index in [1.165, 1.54) is 0 Å². The molecule has 0 amide bonds. The van der Waals surface area contributed by atoms with Gasteiger partial charge >= 0.3 is 0 Å². The van der Waals surface area contributed by atoms with Crippen LogP contribution in [0.2, 0.25) is 10.0 Å². The Labute approximate surface area is 113 Å². The minimum atomic E-state index is 0.375. The maximum atomic E-state index is 6.00. The summed E-state index contributed by atoms with van der Waals surface area (Å²) < 4.78 is 0. The highest BCUT2D eigenvalue weighted by atomic mass is 35.5. The second kappa shape index (κ2) is 4.15. The summed E-state index contributed by atoms with van der Waals surface area (Å²) in [5.41, 5.74) is 8.56. The van der Waals surface area contributed by atoms with Crippen LogP contribution in [0.3, 0.4) is 0 Å². The summed E-state index contributed by atoms with van der Waals surface area (Å²) in [6.45, 7) is 0. The number of nitrogens with zero attached hydrogens (tertiary/aromatic N) is 2. The molecule has 4 nitrogen and oxygen atoms in total. The summed E-state index contributed by atoms with van der Waals surface area (Å²) in [7, 11) is 0. The van der Waals surface area contributed by atoms with Crippen LogP contribution in [0.15, 0.2) is 30.6 Å². The molecule has 3 N–H and O–H groups in total. The maximum Gasteiger partial charge on any atom is 0.138 e. The molecule has 0 aliphatic carbocycles. The van der Waals surface area contributed by atoms with E-state index < -0.39 is 0 Å². The SMILES string of the molecule is Nc1c(Cl)cc(-c2nc3ccncc3[nH]2)cc1Cl. The summed E-state index contributed by atoms with van der Waals surface area (Å²) in [4.78, 5) is 11.6. The van der Waals surface area contributed by atoms with Crippen molar-refractivity contribution in [2.45, 2.75) is 0 Å². The number of anilines is 1. The lowest BCUT2D eigenvalue weighted by Crippen LogP contribution is -1.89. The van der Waals surface area contributed by atoms with Gasteiger partial charge in [-0.15, -0.1) is 0 Å². The summed E-state index contributed by atoms with van der Waals surface area (Å²) in [6.07, 6.45) is 3.41. The molecule has 0 bridgehead atoms. The lowest BCUT2D eigenvalue weighted by molar-refractivity contribution is 1.33. The summed E-state index contributed by atoms with van der Waals surface area (Å²) >= 11 is 12.0. The average molecular weight is 279 g/mol. The topological polar surface area (TPSA) is 67.6 Å². The number of benzene rings is 1. The van der Waals surface area contributed by atoms with E-state index in [0.717, 1.165) is 16.6 Å². The van der Waals surface area contributed by atoms with Gasteiger partial charge in [-0.1, -0.05) is 23.2 Å². The third-order valence-electron chi connectivity index (χ3n) is 2.64. The predicted molar refractivity (Wildman–Crippen MR) is 73.8 cm³/mol. The van der Waals surface area contributed by atoms with E-state index in [1.807, 2.05) is 6.07 Å². The lowest BCUT2D eigenvalue weighted by atomic mass is 10.2. The Bertz CT molecular complexity index is 680. The number of aromatic amines is 1. The number of pyridine rings is 1. The molecule has 90 valence electrons. The van der Waals surface area contributed by atoms with Crippen LogP contribution in [0.25, 0.3) is 22.4 Å². The number of nitrogens with two attached hydrogens (primary N) is 1. The minimum absolute atomic E-state index is 0.375. The molecule has 0 fully saturated rings. The first-order chi connectivity index (χ1) is 8.65. The molecule has 6 heteroatoms. The summed E-state index contributed by atoms with van der Waals surface area (Å²) in [5.74, 6) is 0.682. The van der Waals surface area contributed by atoms with E-state index in [-0.39, 0.29) is 0 Å². The molecular weight excluding hydrogens is 271 g/mol. The second-order valence-corrected chi connectivity index (χ2v) is 4.65. The zero-order chi connectivity index (χ0) is 12.7. The van der Waals surface area contributed by atoms with Gasteiger partial charge in [-0.2, -0.15) is 0 Å². The molecule has 0 aliphatic heterocycles. The first kappa shape index (κ1) is 11.3. The summed E-state index contributed by atoms with van der Waals surface area (Å²) in [5, 5.41) is 0.826.